The maximum Gasteiger partial charge on any atom is 0.0628 e. The molecule has 0 aliphatic carbocycles. The van der Waals surface area contributed by atoms with Gasteiger partial charge in [-0.3, -0.25) is 0 Å². The van der Waals surface area contributed by atoms with Gasteiger partial charge in [0.1, 0.15) is 0 Å². The Bertz CT molecular complexity index is 220. The van der Waals surface area contributed by atoms with Crippen LogP contribution < -0.4 is 5.32 Å². The second kappa shape index (κ2) is 3.82. The van der Waals surface area contributed by atoms with Gasteiger partial charge in [-0.05, 0) is 23.8 Å². The molecule has 0 aromatic heterocycles. The number of allylic oxidation sites excluding steroid dienone is 2. The Kier molecular flexibility index (Phi) is 2.74. The van der Waals surface area contributed by atoms with Gasteiger partial charge in [0.15, 0.2) is 0 Å². The van der Waals surface area contributed by atoms with Gasteiger partial charge in [-0.1, -0.05) is 13.0 Å². The van der Waals surface area contributed by atoms with Crippen molar-refractivity contribution in [3.63, 3.8) is 0 Å². The van der Waals surface area contributed by atoms with Crippen molar-refractivity contribution in [1.82, 2.24) is 5.32 Å². The standard InChI is InChI=1S/C9H12N2/c1-8(2-5-10)9-3-6-11-7-4-9/h3-4,6,8,11H,2,7H2,1H3/t8-/m1/s1. The minimum Gasteiger partial charge on any atom is -0.387 e. The van der Waals surface area contributed by atoms with Gasteiger partial charge in [0, 0.05) is 13.0 Å². The van der Waals surface area contributed by atoms with Crippen molar-refractivity contribution in [2.45, 2.75) is 13.3 Å². The highest BCUT2D eigenvalue weighted by molar-refractivity contribution is 5.24. The molecule has 58 valence electrons. The third-order valence-electron chi connectivity index (χ3n) is 1.82. The summed E-state index contributed by atoms with van der Waals surface area (Å²) in [5.74, 6) is 0.373. The number of nitriles is 1. The van der Waals surface area contributed by atoms with E-state index in [1.165, 1.54) is 5.57 Å². The molecule has 0 aromatic rings. The van der Waals surface area contributed by atoms with E-state index in [1.54, 1.807) is 0 Å². The molecule has 0 saturated carbocycles. The SMILES string of the molecule is C[C@H](CC#N)C1=CCNC=C1. The van der Waals surface area contributed by atoms with Crippen LogP contribution in [0.3, 0.4) is 0 Å². The van der Waals surface area contributed by atoms with E-state index in [0.29, 0.717) is 12.3 Å². The van der Waals surface area contributed by atoms with Crippen molar-refractivity contribution < 1.29 is 0 Å². The van der Waals surface area contributed by atoms with Crippen molar-refractivity contribution >= 4 is 0 Å². The summed E-state index contributed by atoms with van der Waals surface area (Å²) in [7, 11) is 0. The number of hydrogen-bond acceptors (Lipinski definition) is 2. The number of dihydropyridines is 1. The Morgan fingerprint density at radius 3 is 3.18 bits per heavy atom. The first kappa shape index (κ1) is 7.87. The summed E-state index contributed by atoms with van der Waals surface area (Å²) in [5, 5.41) is 11.5. The van der Waals surface area contributed by atoms with Crippen molar-refractivity contribution in [3.8, 4) is 6.07 Å². The van der Waals surface area contributed by atoms with Gasteiger partial charge in [0.2, 0.25) is 0 Å². The fraction of sp³-hybridized carbons (Fsp3) is 0.444. The summed E-state index contributed by atoms with van der Waals surface area (Å²) in [6.45, 7) is 2.96. The summed E-state index contributed by atoms with van der Waals surface area (Å²) in [5.41, 5.74) is 1.27. The minimum absolute atomic E-state index is 0.373. The van der Waals surface area contributed by atoms with Crippen molar-refractivity contribution in [2.75, 3.05) is 6.54 Å². The Morgan fingerprint density at radius 2 is 2.64 bits per heavy atom. The van der Waals surface area contributed by atoms with Crippen molar-refractivity contribution in [3.05, 3.63) is 23.9 Å². The van der Waals surface area contributed by atoms with E-state index in [9.17, 15) is 0 Å². The molecule has 0 radical (unpaired) electrons. The van der Waals surface area contributed by atoms with Gasteiger partial charge in [0.05, 0.1) is 6.07 Å². The van der Waals surface area contributed by atoms with Gasteiger partial charge < -0.3 is 5.32 Å². The lowest BCUT2D eigenvalue weighted by atomic mass is 9.97. The summed E-state index contributed by atoms with van der Waals surface area (Å²) < 4.78 is 0. The van der Waals surface area contributed by atoms with E-state index in [-0.39, 0.29) is 0 Å². The monoisotopic (exact) mass is 148 g/mol. The van der Waals surface area contributed by atoms with Gasteiger partial charge >= 0.3 is 0 Å². The van der Waals surface area contributed by atoms with Crippen LogP contribution in [0.4, 0.5) is 0 Å². The maximum absolute atomic E-state index is 8.45. The molecule has 0 spiro atoms. The van der Waals surface area contributed by atoms with Crippen LogP contribution in [-0.2, 0) is 0 Å². The van der Waals surface area contributed by atoms with E-state index in [2.05, 4.69) is 24.4 Å². The molecule has 0 fully saturated rings. The topological polar surface area (TPSA) is 35.8 Å². The second-order valence-corrected chi connectivity index (χ2v) is 2.71. The summed E-state index contributed by atoms with van der Waals surface area (Å²) in [6, 6.07) is 2.17. The van der Waals surface area contributed by atoms with E-state index < -0.39 is 0 Å². The molecule has 0 bridgehead atoms. The highest BCUT2D eigenvalue weighted by Gasteiger charge is 2.06. The summed E-state index contributed by atoms with van der Waals surface area (Å²) >= 11 is 0. The second-order valence-electron chi connectivity index (χ2n) is 2.71. The highest BCUT2D eigenvalue weighted by Crippen LogP contribution is 2.16. The van der Waals surface area contributed by atoms with Crippen LogP contribution in [0.5, 0.6) is 0 Å². The molecule has 2 nitrogen and oxygen atoms in total. The number of nitrogens with zero attached hydrogens (tertiary/aromatic N) is 1. The molecule has 1 heterocycles. The van der Waals surface area contributed by atoms with Crippen LogP contribution in [0.15, 0.2) is 23.9 Å². The maximum atomic E-state index is 8.45. The minimum atomic E-state index is 0.373. The lowest BCUT2D eigenvalue weighted by Crippen LogP contribution is -2.11. The Balaban J connectivity index is 2.53. The fourth-order valence-electron chi connectivity index (χ4n) is 1.09. The zero-order valence-corrected chi connectivity index (χ0v) is 6.67. The first-order valence-corrected chi connectivity index (χ1v) is 3.81. The molecule has 0 aromatic carbocycles. The number of nitrogens with one attached hydrogen (secondary N) is 1. The molecular formula is C9H12N2. The number of hydrogen-bond donors (Lipinski definition) is 1. The van der Waals surface area contributed by atoms with Gasteiger partial charge in [-0.2, -0.15) is 5.26 Å². The fourth-order valence-corrected chi connectivity index (χ4v) is 1.09. The smallest absolute Gasteiger partial charge is 0.0628 e. The molecule has 0 saturated heterocycles. The Hall–Kier alpha value is -1.23. The quantitative estimate of drug-likeness (QED) is 0.645. The van der Waals surface area contributed by atoms with Crippen LogP contribution in [0.2, 0.25) is 0 Å². The predicted octanol–water partition coefficient (Wildman–Crippen LogP) is 1.58. The molecule has 11 heavy (non-hydrogen) atoms. The van der Waals surface area contributed by atoms with Crippen molar-refractivity contribution in [2.24, 2.45) is 5.92 Å². The van der Waals surface area contributed by atoms with Crippen LogP contribution in [0.25, 0.3) is 0 Å². The van der Waals surface area contributed by atoms with Crippen molar-refractivity contribution in [1.29, 1.82) is 5.26 Å². The normalized spacial score (nSPS) is 18.0. The Morgan fingerprint density at radius 1 is 1.82 bits per heavy atom. The lowest BCUT2D eigenvalue weighted by Gasteiger charge is -2.12. The van der Waals surface area contributed by atoms with E-state index in [0.717, 1.165) is 6.54 Å². The molecule has 0 unspecified atom stereocenters. The molecule has 1 aliphatic rings. The molecule has 1 atom stereocenters. The molecule has 0 amide bonds. The molecular weight excluding hydrogens is 136 g/mol. The van der Waals surface area contributed by atoms with Crippen LogP contribution in [-0.4, -0.2) is 6.54 Å². The lowest BCUT2D eigenvalue weighted by molar-refractivity contribution is 0.707. The zero-order chi connectivity index (χ0) is 8.10. The van der Waals surface area contributed by atoms with Crippen LogP contribution >= 0.6 is 0 Å². The zero-order valence-electron chi connectivity index (χ0n) is 6.67. The van der Waals surface area contributed by atoms with Gasteiger partial charge in [0.25, 0.3) is 0 Å². The predicted molar refractivity (Wildman–Crippen MR) is 44.6 cm³/mol. The van der Waals surface area contributed by atoms with Crippen LogP contribution in [0, 0.1) is 17.2 Å². The third kappa shape index (κ3) is 2.12. The molecule has 2 heteroatoms. The first-order chi connectivity index (χ1) is 5.34. The van der Waals surface area contributed by atoms with Gasteiger partial charge in [-0.15, -0.1) is 0 Å². The average molecular weight is 148 g/mol. The average Bonchev–Trinajstić information content (AvgIpc) is 2.07. The first-order valence-electron chi connectivity index (χ1n) is 3.81. The van der Waals surface area contributed by atoms with Crippen LogP contribution in [0.1, 0.15) is 13.3 Å². The Labute approximate surface area is 67.2 Å². The van der Waals surface area contributed by atoms with E-state index in [4.69, 9.17) is 5.26 Å². The molecule has 1 rings (SSSR count). The van der Waals surface area contributed by atoms with E-state index >= 15 is 0 Å². The van der Waals surface area contributed by atoms with Gasteiger partial charge in [-0.25, -0.2) is 0 Å². The van der Waals surface area contributed by atoms with E-state index in [1.807, 2.05) is 12.3 Å². The molecule has 1 aliphatic heterocycles. The molecule has 1 N–H and O–H groups in total. The summed E-state index contributed by atoms with van der Waals surface area (Å²) in [6.07, 6.45) is 6.70. The summed E-state index contributed by atoms with van der Waals surface area (Å²) in [4.78, 5) is 0. The largest absolute Gasteiger partial charge is 0.387 e. The number of rotatable bonds is 2. The third-order valence-corrected chi connectivity index (χ3v) is 1.82. The highest BCUT2D eigenvalue weighted by atomic mass is 14.8.